The summed E-state index contributed by atoms with van der Waals surface area (Å²) < 4.78 is 5.19. The Hall–Kier alpha value is -2.94. The zero-order valence-corrected chi connectivity index (χ0v) is 13.7. The minimum Gasteiger partial charge on any atom is -0.423 e. The van der Waals surface area contributed by atoms with Gasteiger partial charge in [0.1, 0.15) is 18.6 Å². The van der Waals surface area contributed by atoms with Crippen LogP contribution in [0.5, 0.6) is 5.75 Å². The molecule has 1 N–H and O–H groups in total. The molecular formula is C15H17N3O6. The molecular weight excluding hydrogens is 318 g/mol. The summed E-state index contributed by atoms with van der Waals surface area (Å²) in [5.74, 6) is -1.63. The van der Waals surface area contributed by atoms with Crippen molar-refractivity contribution < 1.29 is 28.8 Å². The van der Waals surface area contributed by atoms with Crippen molar-refractivity contribution in [2.75, 3.05) is 21.2 Å². The number of amides is 2. The molecule has 1 heterocycles. The van der Waals surface area contributed by atoms with E-state index in [0.717, 1.165) is 0 Å². The van der Waals surface area contributed by atoms with Crippen LogP contribution in [0.3, 0.4) is 0 Å². The molecule has 1 aromatic carbocycles. The molecule has 24 heavy (non-hydrogen) atoms. The maximum absolute atomic E-state index is 12.9. The number of nitrogens with one attached hydrogen (secondary N) is 1. The molecule has 0 saturated carbocycles. The van der Waals surface area contributed by atoms with Gasteiger partial charge in [-0.1, -0.05) is 17.3 Å². The van der Waals surface area contributed by atoms with Crippen LogP contribution in [0.2, 0.25) is 0 Å². The highest BCUT2D eigenvalue weighted by molar-refractivity contribution is 6.34. The molecule has 128 valence electrons. The summed E-state index contributed by atoms with van der Waals surface area (Å²) in [7, 11) is 4.19. The molecule has 0 aliphatic carbocycles. The van der Waals surface area contributed by atoms with Crippen LogP contribution in [-0.2, 0) is 14.5 Å². The number of benzene rings is 1. The van der Waals surface area contributed by atoms with Gasteiger partial charge in [-0.3, -0.25) is 4.79 Å². The maximum Gasteiger partial charge on any atom is 0.361 e. The molecule has 1 aliphatic rings. The smallest absolute Gasteiger partial charge is 0.361 e. The van der Waals surface area contributed by atoms with E-state index >= 15 is 0 Å². The fourth-order valence-corrected chi connectivity index (χ4v) is 2.08. The SMILES string of the molecule is CO/N=C(\C)C1(ONC(=O)N(C)C)C(=O)Oc2ccccc2C1=O. The van der Waals surface area contributed by atoms with Gasteiger partial charge in [0.2, 0.25) is 5.78 Å². The highest BCUT2D eigenvalue weighted by atomic mass is 16.7. The summed E-state index contributed by atoms with van der Waals surface area (Å²) in [6.07, 6.45) is 0. The maximum atomic E-state index is 12.9. The largest absolute Gasteiger partial charge is 0.423 e. The van der Waals surface area contributed by atoms with Crippen molar-refractivity contribution >= 4 is 23.5 Å². The summed E-state index contributed by atoms with van der Waals surface area (Å²) in [5, 5.41) is 3.62. The average Bonchev–Trinajstić information content (AvgIpc) is 2.54. The molecule has 1 atom stereocenters. The highest BCUT2D eigenvalue weighted by Crippen LogP contribution is 2.33. The van der Waals surface area contributed by atoms with Gasteiger partial charge in [-0.15, -0.1) is 0 Å². The summed E-state index contributed by atoms with van der Waals surface area (Å²) in [6.45, 7) is 1.36. The highest BCUT2D eigenvalue weighted by Gasteiger charge is 2.57. The van der Waals surface area contributed by atoms with Gasteiger partial charge in [0.15, 0.2) is 0 Å². The third-order valence-corrected chi connectivity index (χ3v) is 3.38. The monoisotopic (exact) mass is 335 g/mol. The first-order valence-corrected chi connectivity index (χ1v) is 6.94. The molecule has 0 aromatic heterocycles. The van der Waals surface area contributed by atoms with E-state index in [4.69, 9.17) is 9.57 Å². The third kappa shape index (κ3) is 2.81. The number of Topliss-reactive ketones (excluding diaryl/α,β-unsaturated/α-hetero) is 1. The summed E-state index contributed by atoms with van der Waals surface area (Å²) >= 11 is 0. The van der Waals surface area contributed by atoms with Gasteiger partial charge in [-0.25, -0.2) is 19.9 Å². The van der Waals surface area contributed by atoms with Crippen LogP contribution in [0, 0.1) is 0 Å². The van der Waals surface area contributed by atoms with E-state index in [0.29, 0.717) is 0 Å². The van der Waals surface area contributed by atoms with Crippen LogP contribution < -0.4 is 10.2 Å². The predicted octanol–water partition coefficient (Wildman–Crippen LogP) is 0.752. The van der Waals surface area contributed by atoms with Crippen LogP contribution in [0.1, 0.15) is 17.3 Å². The van der Waals surface area contributed by atoms with Gasteiger partial charge < -0.3 is 14.5 Å². The van der Waals surface area contributed by atoms with E-state index in [2.05, 4.69) is 15.5 Å². The van der Waals surface area contributed by atoms with E-state index < -0.39 is 23.4 Å². The number of carbonyl (C=O) groups excluding carboxylic acids is 3. The topological polar surface area (TPSA) is 107 Å². The van der Waals surface area contributed by atoms with E-state index in [9.17, 15) is 14.4 Å². The number of nitrogens with zero attached hydrogens (tertiary/aromatic N) is 2. The van der Waals surface area contributed by atoms with Crippen molar-refractivity contribution in [3.05, 3.63) is 29.8 Å². The van der Waals surface area contributed by atoms with Crippen LogP contribution >= 0.6 is 0 Å². The first-order chi connectivity index (χ1) is 11.3. The molecule has 0 spiro atoms. The lowest BCUT2D eigenvalue weighted by atomic mass is 9.86. The average molecular weight is 335 g/mol. The van der Waals surface area contributed by atoms with Crippen molar-refractivity contribution in [3.8, 4) is 5.75 Å². The molecule has 0 saturated heterocycles. The Balaban J connectivity index is 2.50. The molecule has 2 rings (SSSR count). The van der Waals surface area contributed by atoms with Crippen LogP contribution in [0.15, 0.2) is 29.4 Å². The first kappa shape index (κ1) is 17.4. The molecule has 1 unspecified atom stereocenters. The van der Waals surface area contributed by atoms with E-state index in [1.54, 1.807) is 12.1 Å². The number of fused-ring (bicyclic) bond motifs is 1. The number of para-hydroxylation sites is 1. The van der Waals surface area contributed by atoms with Crippen LogP contribution in [-0.4, -0.2) is 55.2 Å². The number of ketones is 1. The van der Waals surface area contributed by atoms with Gasteiger partial charge in [0.25, 0.3) is 5.60 Å². The van der Waals surface area contributed by atoms with Crippen molar-refractivity contribution in [2.45, 2.75) is 12.5 Å². The number of hydrogen-bond donors (Lipinski definition) is 1. The molecule has 2 amide bonds. The Morgan fingerprint density at radius 1 is 1.29 bits per heavy atom. The number of rotatable bonds is 4. The molecule has 1 aliphatic heterocycles. The second-order valence-corrected chi connectivity index (χ2v) is 5.16. The number of hydrogen-bond acceptors (Lipinski definition) is 7. The number of urea groups is 1. The van der Waals surface area contributed by atoms with Gasteiger partial charge in [0.05, 0.1) is 5.56 Å². The Bertz CT molecular complexity index is 715. The molecule has 0 fully saturated rings. The fourth-order valence-electron chi connectivity index (χ4n) is 2.08. The minimum atomic E-state index is -2.27. The van der Waals surface area contributed by atoms with Crippen LogP contribution in [0.4, 0.5) is 4.79 Å². The Labute approximate surface area is 138 Å². The summed E-state index contributed by atoms with van der Waals surface area (Å²) in [4.78, 5) is 48.2. The van der Waals surface area contributed by atoms with Crippen molar-refractivity contribution in [2.24, 2.45) is 5.16 Å². The number of esters is 1. The number of hydroxylamine groups is 1. The second-order valence-electron chi connectivity index (χ2n) is 5.16. The normalized spacial score (nSPS) is 20.1. The Morgan fingerprint density at radius 3 is 2.58 bits per heavy atom. The lowest BCUT2D eigenvalue weighted by Gasteiger charge is -2.32. The predicted molar refractivity (Wildman–Crippen MR) is 82.6 cm³/mol. The lowest BCUT2D eigenvalue weighted by molar-refractivity contribution is -0.154. The van der Waals surface area contributed by atoms with Crippen molar-refractivity contribution in [1.29, 1.82) is 0 Å². The summed E-state index contributed by atoms with van der Waals surface area (Å²) in [5.41, 5.74) is -0.206. The standard InChI is InChI=1S/C15H17N3O6/c1-9(16-22-4)15(24-17-14(21)18(2)3)12(19)10-7-5-6-8-11(10)23-13(15)20/h5-8H,1-4H3,(H,17,21)/b16-9+. The fraction of sp³-hybridized carbons (Fsp3) is 0.333. The summed E-state index contributed by atoms with van der Waals surface area (Å²) in [6, 6.07) is 5.53. The number of oxime groups is 1. The van der Waals surface area contributed by atoms with E-state index in [-0.39, 0.29) is 17.0 Å². The van der Waals surface area contributed by atoms with Gasteiger partial charge >= 0.3 is 12.0 Å². The molecule has 9 nitrogen and oxygen atoms in total. The zero-order chi connectivity index (χ0) is 17.9. The molecule has 1 aromatic rings. The quantitative estimate of drug-likeness (QED) is 0.286. The van der Waals surface area contributed by atoms with Gasteiger partial charge in [-0.05, 0) is 19.1 Å². The second kappa shape index (κ2) is 6.67. The van der Waals surface area contributed by atoms with Crippen LogP contribution in [0.25, 0.3) is 0 Å². The Kier molecular flexibility index (Phi) is 4.84. The van der Waals surface area contributed by atoms with Gasteiger partial charge in [-0.2, -0.15) is 0 Å². The first-order valence-electron chi connectivity index (χ1n) is 6.94. The molecule has 9 heteroatoms. The Morgan fingerprint density at radius 2 is 1.96 bits per heavy atom. The van der Waals surface area contributed by atoms with E-state index in [1.165, 1.54) is 45.2 Å². The zero-order valence-electron chi connectivity index (χ0n) is 13.7. The van der Waals surface area contributed by atoms with Crippen molar-refractivity contribution in [3.63, 3.8) is 0 Å². The number of ether oxygens (including phenoxy) is 1. The van der Waals surface area contributed by atoms with E-state index in [1.807, 2.05) is 0 Å². The molecule has 0 radical (unpaired) electrons. The number of carbonyl (C=O) groups is 3. The lowest BCUT2D eigenvalue weighted by Crippen LogP contribution is -2.62. The molecule has 0 bridgehead atoms. The van der Waals surface area contributed by atoms with Crippen molar-refractivity contribution in [1.82, 2.24) is 10.4 Å². The minimum absolute atomic E-state index is 0.107. The third-order valence-electron chi connectivity index (χ3n) is 3.38. The van der Waals surface area contributed by atoms with Gasteiger partial charge in [0, 0.05) is 14.1 Å².